The topological polar surface area (TPSA) is 4.93 Å². The maximum absolute atomic E-state index is 3.70. The maximum atomic E-state index is 3.70. The minimum atomic E-state index is -0.461. The van der Waals surface area contributed by atoms with Crippen LogP contribution < -0.4 is 0 Å². The Morgan fingerprint density at radius 1 is 0.408 bits per heavy atom. The molecule has 0 amide bonds. The first-order chi connectivity index (χ1) is 24.2. The fraction of sp³-hybridized carbons (Fsp3) is 0.0213. The molecule has 1 aliphatic carbocycles. The molecule has 0 saturated carbocycles. The normalized spacial score (nSPS) is 13.2. The van der Waals surface area contributed by atoms with Gasteiger partial charge >= 0.3 is 0 Å². The summed E-state index contributed by atoms with van der Waals surface area (Å²) in [4.78, 5) is 0. The molecule has 8 aromatic carbocycles. The summed E-state index contributed by atoms with van der Waals surface area (Å²) in [5, 5.41) is 5.00. The van der Waals surface area contributed by atoms with Crippen molar-refractivity contribution in [2.75, 3.05) is 0 Å². The van der Waals surface area contributed by atoms with Crippen molar-refractivity contribution in [2.45, 2.75) is 5.41 Å². The maximum Gasteiger partial charge on any atom is 0.0714 e. The number of halogens is 1. The van der Waals surface area contributed by atoms with Crippen LogP contribution in [-0.2, 0) is 5.41 Å². The van der Waals surface area contributed by atoms with Gasteiger partial charge in [0, 0.05) is 20.9 Å². The van der Waals surface area contributed by atoms with Crippen molar-refractivity contribution < 1.29 is 0 Å². The molecule has 2 heteroatoms. The first kappa shape index (κ1) is 28.3. The van der Waals surface area contributed by atoms with Gasteiger partial charge in [-0.25, -0.2) is 0 Å². The zero-order valence-electron chi connectivity index (χ0n) is 26.6. The Hall–Kier alpha value is -5.70. The summed E-state index contributed by atoms with van der Waals surface area (Å²) in [6.45, 7) is 0. The fourth-order valence-electron chi connectivity index (χ4n) is 8.40. The Kier molecular flexibility index (Phi) is 6.31. The van der Waals surface area contributed by atoms with Gasteiger partial charge in [0.05, 0.1) is 16.4 Å². The molecular formula is C47H30BrN. The summed E-state index contributed by atoms with van der Waals surface area (Å²) < 4.78 is 3.57. The Morgan fingerprint density at radius 2 is 1.04 bits per heavy atom. The number of rotatable bonds is 4. The van der Waals surface area contributed by atoms with Gasteiger partial charge in [-0.15, -0.1) is 0 Å². The molecule has 0 radical (unpaired) electrons. The van der Waals surface area contributed by atoms with E-state index in [2.05, 4.69) is 202 Å². The lowest BCUT2D eigenvalue weighted by atomic mass is 9.67. The molecule has 0 saturated heterocycles. The van der Waals surface area contributed by atoms with Crippen molar-refractivity contribution in [3.8, 4) is 27.9 Å². The largest absolute Gasteiger partial charge is 0.309 e. The summed E-state index contributed by atoms with van der Waals surface area (Å²) in [7, 11) is 0. The summed E-state index contributed by atoms with van der Waals surface area (Å²) in [6, 6.07) is 67.2. The molecule has 0 bridgehead atoms. The summed E-state index contributed by atoms with van der Waals surface area (Å²) in [5.74, 6) is 0. The van der Waals surface area contributed by atoms with Gasteiger partial charge in [0.2, 0.25) is 0 Å². The van der Waals surface area contributed by atoms with Gasteiger partial charge in [0.25, 0.3) is 0 Å². The molecule has 1 aliphatic rings. The van der Waals surface area contributed by atoms with Crippen LogP contribution in [-0.4, -0.2) is 4.57 Å². The molecule has 1 nitrogen and oxygen atoms in total. The highest BCUT2D eigenvalue weighted by atomic mass is 79.9. The van der Waals surface area contributed by atoms with Crippen LogP contribution in [0.2, 0.25) is 0 Å². The minimum absolute atomic E-state index is 0.461. The molecule has 0 spiro atoms. The predicted molar refractivity (Wildman–Crippen MR) is 209 cm³/mol. The van der Waals surface area contributed by atoms with Crippen LogP contribution in [0.15, 0.2) is 186 Å². The average Bonchev–Trinajstić information content (AvgIpc) is 3.64. The Bertz CT molecular complexity index is 2680. The number of hydrogen-bond donors (Lipinski definition) is 0. The van der Waals surface area contributed by atoms with Crippen LogP contribution in [0, 0.1) is 0 Å². The second kappa shape index (κ2) is 10.9. The quantitative estimate of drug-likeness (QED) is 0.173. The highest BCUT2D eigenvalue weighted by molar-refractivity contribution is 9.10. The van der Waals surface area contributed by atoms with E-state index in [-0.39, 0.29) is 0 Å². The summed E-state index contributed by atoms with van der Waals surface area (Å²) in [5.41, 5.74) is 13.2. The van der Waals surface area contributed by atoms with E-state index in [1.807, 2.05) is 0 Å². The van der Waals surface area contributed by atoms with Gasteiger partial charge in [0.1, 0.15) is 0 Å². The predicted octanol–water partition coefficient (Wildman–Crippen LogP) is 12.7. The molecule has 230 valence electrons. The van der Waals surface area contributed by atoms with Gasteiger partial charge in [0.15, 0.2) is 0 Å². The zero-order valence-corrected chi connectivity index (χ0v) is 28.2. The Balaban J connectivity index is 1.32. The SMILES string of the molecule is Brc1cccc(-c2ccc3c4cc5ccccc5cc4n(-c4ccc5c(c4)C(c4ccccc4)(c4ccccc4)c4ccccc4-5)c3c2)c1. The minimum Gasteiger partial charge on any atom is -0.309 e. The number of benzene rings is 8. The lowest BCUT2D eigenvalue weighted by Gasteiger charge is -2.34. The fourth-order valence-corrected chi connectivity index (χ4v) is 8.80. The van der Waals surface area contributed by atoms with Gasteiger partial charge in [-0.1, -0.05) is 155 Å². The van der Waals surface area contributed by atoms with E-state index >= 15 is 0 Å². The van der Waals surface area contributed by atoms with E-state index in [0.29, 0.717) is 0 Å². The van der Waals surface area contributed by atoms with Crippen LogP contribution in [0.4, 0.5) is 0 Å². The lowest BCUT2D eigenvalue weighted by Crippen LogP contribution is -2.28. The Labute approximate surface area is 293 Å². The summed E-state index contributed by atoms with van der Waals surface area (Å²) in [6.07, 6.45) is 0. The third kappa shape index (κ3) is 4.17. The van der Waals surface area contributed by atoms with Crippen LogP contribution in [0.25, 0.3) is 60.5 Å². The second-order valence-corrected chi connectivity index (χ2v) is 14.0. The van der Waals surface area contributed by atoms with Gasteiger partial charge < -0.3 is 4.57 Å². The molecule has 0 aliphatic heterocycles. The van der Waals surface area contributed by atoms with Crippen molar-refractivity contribution in [1.29, 1.82) is 0 Å². The summed E-state index contributed by atoms with van der Waals surface area (Å²) >= 11 is 3.70. The van der Waals surface area contributed by atoms with Gasteiger partial charge in [-0.2, -0.15) is 0 Å². The third-order valence-electron chi connectivity index (χ3n) is 10.5. The molecule has 49 heavy (non-hydrogen) atoms. The van der Waals surface area contributed by atoms with Crippen LogP contribution in [0.3, 0.4) is 0 Å². The van der Waals surface area contributed by atoms with E-state index in [9.17, 15) is 0 Å². The molecule has 1 heterocycles. The van der Waals surface area contributed by atoms with Crippen LogP contribution >= 0.6 is 15.9 Å². The van der Waals surface area contributed by atoms with Crippen LogP contribution in [0.1, 0.15) is 22.3 Å². The molecule has 0 unspecified atom stereocenters. The van der Waals surface area contributed by atoms with Crippen molar-refractivity contribution in [3.05, 3.63) is 209 Å². The van der Waals surface area contributed by atoms with Crippen molar-refractivity contribution >= 4 is 48.5 Å². The average molecular weight is 689 g/mol. The molecular weight excluding hydrogens is 658 g/mol. The third-order valence-corrected chi connectivity index (χ3v) is 11.0. The molecule has 9 aromatic rings. The molecule has 0 atom stereocenters. The molecule has 1 aromatic heterocycles. The number of hydrogen-bond acceptors (Lipinski definition) is 0. The van der Waals surface area contributed by atoms with E-state index in [1.54, 1.807) is 0 Å². The van der Waals surface area contributed by atoms with Crippen molar-refractivity contribution in [1.82, 2.24) is 4.57 Å². The van der Waals surface area contributed by atoms with Crippen LogP contribution in [0.5, 0.6) is 0 Å². The lowest BCUT2D eigenvalue weighted by molar-refractivity contribution is 0.767. The number of nitrogens with zero attached hydrogens (tertiary/aromatic N) is 1. The van der Waals surface area contributed by atoms with E-state index in [0.717, 1.165) is 10.2 Å². The Morgan fingerprint density at radius 3 is 1.80 bits per heavy atom. The number of aromatic nitrogens is 1. The van der Waals surface area contributed by atoms with Gasteiger partial charge in [-0.05, 0) is 97.7 Å². The highest BCUT2D eigenvalue weighted by Gasteiger charge is 2.46. The smallest absolute Gasteiger partial charge is 0.0714 e. The van der Waals surface area contributed by atoms with Crippen molar-refractivity contribution in [2.24, 2.45) is 0 Å². The number of fused-ring (bicyclic) bond motifs is 7. The van der Waals surface area contributed by atoms with E-state index in [4.69, 9.17) is 0 Å². The first-order valence-electron chi connectivity index (χ1n) is 16.8. The monoisotopic (exact) mass is 687 g/mol. The first-order valence-corrected chi connectivity index (χ1v) is 17.6. The second-order valence-electron chi connectivity index (χ2n) is 13.1. The molecule has 0 N–H and O–H groups in total. The highest BCUT2D eigenvalue weighted by Crippen LogP contribution is 2.56. The standard InChI is InChI=1S/C47H30BrN/c48-37-19-11-14-31(26-37)34-22-24-41-42-27-32-12-7-8-13-33(32)28-46(42)49(45(41)29-34)38-23-25-40-39-20-9-10-21-43(39)47(44(40)30-38,35-15-3-1-4-16-35)36-17-5-2-6-18-36/h1-30H. The van der Waals surface area contributed by atoms with Gasteiger partial charge in [-0.3, -0.25) is 0 Å². The van der Waals surface area contributed by atoms with Crippen molar-refractivity contribution in [3.63, 3.8) is 0 Å². The molecule has 10 rings (SSSR count). The van der Waals surface area contributed by atoms with E-state index in [1.165, 1.54) is 77.1 Å². The zero-order chi connectivity index (χ0) is 32.5. The van der Waals surface area contributed by atoms with E-state index < -0.39 is 5.41 Å². The molecule has 0 fully saturated rings.